The standard InChI is InChI=1S/C50H50F2N6O7S2/c1-31-43(67-30-54-31)33-15-12-32(13-16-33)14-23-41(60)40-27-36(59)28-56(40)46(62)44(49(2,3)4)55-42(61)29-64-24-10-8-9-11-25-65-37-20-17-34(18-21-37)58-48(66)57(47(63)50(58,5)6)35-19-22-39(53-7)38(26-35)45(51)52/h12-13,15-22,26,30,36,40,44-45,59H,14,23-25,27-29H2,1-6H3,(H,55,61)/t36-,40+,44-/m1/s1. The third-order valence-corrected chi connectivity index (χ3v) is 12.7. The molecule has 13 nitrogen and oxygen atoms in total. The van der Waals surface area contributed by atoms with Crippen LogP contribution in [0.4, 0.5) is 25.8 Å². The van der Waals surface area contributed by atoms with Gasteiger partial charge in [-0.1, -0.05) is 57.0 Å². The van der Waals surface area contributed by atoms with Gasteiger partial charge in [0.25, 0.3) is 12.3 Å². The van der Waals surface area contributed by atoms with Crippen molar-refractivity contribution in [3.63, 3.8) is 0 Å². The highest BCUT2D eigenvalue weighted by atomic mass is 32.1. The summed E-state index contributed by atoms with van der Waals surface area (Å²) in [7, 11) is 0. The van der Waals surface area contributed by atoms with E-state index in [1.54, 1.807) is 75.1 Å². The highest BCUT2D eigenvalue weighted by Crippen LogP contribution is 2.40. The Morgan fingerprint density at radius 3 is 2.34 bits per heavy atom. The number of ether oxygens (including phenoxy) is 2. The lowest BCUT2D eigenvalue weighted by Gasteiger charge is -2.35. The number of hydrogen-bond donors (Lipinski definition) is 2. The maximum Gasteiger partial charge on any atom is 0.259 e. The fourth-order valence-corrected chi connectivity index (χ4v) is 9.13. The second kappa shape index (κ2) is 21.4. The zero-order valence-electron chi connectivity index (χ0n) is 37.9. The van der Waals surface area contributed by atoms with Gasteiger partial charge >= 0.3 is 0 Å². The number of nitrogens with one attached hydrogen (secondary N) is 1. The van der Waals surface area contributed by atoms with Crippen LogP contribution in [-0.4, -0.2) is 93.7 Å². The van der Waals surface area contributed by atoms with E-state index in [9.17, 15) is 33.1 Å². The number of benzene rings is 3. The van der Waals surface area contributed by atoms with Crippen molar-refractivity contribution in [1.82, 2.24) is 15.2 Å². The van der Waals surface area contributed by atoms with Gasteiger partial charge in [0.05, 0.1) is 34.8 Å². The van der Waals surface area contributed by atoms with E-state index in [0.717, 1.165) is 27.8 Å². The van der Waals surface area contributed by atoms with Gasteiger partial charge < -0.3 is 29.7 Å². The molecule has 3 heterocycles. The average Bonchev–Trinajstić information content (AvgIpc) is 3.96. The van der Waals surface area contributed by atoms with Gasteiger partial charge in [0, 0.05) is 36.3 Å². The fraction of sp³-hybridized carbons (Fsp3) is 0.380. The molecular weight excluding hydrogens is 899 g/mol. The number of aromatic nitrogens is 1. The number of anilines is 2. The predicted octanol–water partition coefficient (Wildman–Crippen LogP) is 7.62. The summed E-state index contributed by atoms with van der Waals surface area (Å²) in [6, 6.07) is 16.7. The molecule has 0 spiro atoms. The van der Waals surface area contributed by atoms with Crippen LogP contribution in [0.1, 0.15) is 70.7 Å². The first kappa shape index (κ1) is 49.9. The molecule has 67 heavy (non-hydrogen) atoms. The molecule has 3 atom stereocenters. The van der Waals surface area contributed by atoms with E-state index in [1.165, 1.54) is 21.9 Å². The van der Waals surface area contributed by atoms with Crippen LogP contribution in [0.25, 0.3) is 15.3 Å². The average molecular weight is 949 g/mol. The smallest absolute Gasteiger partial charge is 0.259 e. The number of nitrogens with zero attached hydrogens (tertiary/aromatic N) is 5. The molecule has 0 radical (unpaired) electrons. The van der Waals surface area contributed by atoms with Crippen molar-refractivity contribution in [2.24, 2.45) is 5.41 Å². The Hall–Kier alpha value is -6.55. The number of hydrogen-bond acceptors (Lipinski definition) is 10. The summed E-state index contributed by atoms with van der Waals surface area (Å²) in [4.78, 5) is 66.7. The second-order valence-electron chi connectivity index (χ2n) is 17.5. The van der Waals surface area contributed by atoms with Gasteiger partial charge in [-0.05, 0) is 110 Å². The quantitative estimate of drug-likeness (QED) is 0.0529. The fourth-order valence-electron chi connectivity index (χ4n) is 7.80. The van der Waals surface area contributed by atoms with Crippen LogP contribution >= 0.6 is 23.6 Å². The summed E-state index contributed by atoms with van der Waals surface area (Å²) >= 11 is 7.24. The third-order valence-electron chi connectivity index (χ3n) is 11.3. The summed E-state index contributed by atoms with van der Waals surface area (Å²) in [5.74, 6) is 9.67. The van der Waals surface area contributed by atoms with Gasteiger partial charge in [0.15, 0.2) is 16.6 Å². The Labute approximate surface area is 398 Å². The van der Waals surface area contributed by atoms with E-state index in [1.807, 2.05) is 36.7 Å². The molecule has 0 bridgehead atoms. The van der Waals surface area contributed by atoms with Crippen molar-refractivity contribution in [2.45, 2.75) is 91.0 Å². The summed E-state index contributed by atoms with van der Waals surface area (Å²) in [6.07, 6.45) is -2.98. The van der Waals surface area contributed by atoms with Crippen LogP contribution in [0.3, 0.4) is 0 Å². The minimum absolute atomic E-state index is 0.00488. The number of amides is 3. The van der Waals surface area contributed by atoms with Gasteiger partial charge in [0.1, 0.15) is 37.2 Å². The lowest BCUT2D eigenvalue weighted by atomic mass is 9.85. The van der Waals surface area contributed by atoms with Gasteiger partial charge in [-0.2, -0.15) is 0 Å². The van der Waals surface area contributed by atoms with Crippen molar-refractivity contribution in [2.75, 3.05) is 36.2 Å². The molecule has 2 saturated heterocycles. The summed E-state index contributed by atoms with van der Waals surface area (Å²) in [6.45, 7) is 17.4. The first-order valence-electron chi connectivity index (χ1n) is 21.4. The zero-order chi connectivity index (χ0) is 48.6. The van der Waals surface area contributed by atoms with Crippen LogP contribution in [0.15, 0.2) is 72.2 Å². The number of β-amino-alcohol motifs (C(OH)–C–C–N with tert-alkyl or cyclic N) is 1. The Bertz CT molecular complexity index is 2690. The lowest BCUT2D eigenvalue weighted by Crippen LogP contribution is -2.57. The van der Waals surface area contributed by atoms with E-state index >= 15 is 0 Å². The van der Waals surface area contributed by atoms with E-state index in [2.05, 4.69) is 38.8 Å². The van der Waals surface area contributed by atoms with Crippen LogP contribution in [0.5, 0.6) is 5.75 Å². The molecule has 2 aliphatic rings. The first-order valence-corrected chi connectivity index (χ1v) is 22.6. The van der Waals surface area contributed by atoms with Crippen LogP contribution in [0, 0.1) is 42.6 Å². The van der Waals surface area contributed by atoms with E-state index < -0.39 is 58.9 Å². The van der Waals surface area contributed by atoms with Crippen molar-refractivity contribution in [3.8, 4) is 39.9 Å². The second-order valence-corrected chi connectivity index (χ2v) is 18.8. The Morgan fingerprint density at radius 2 is 1.72 bits per heavy atom. The number of rotatable bonds is 15. The van der Waals surface area contributed by atoms with Crippen LogP contribution in [-0.2, 0) is 30.3 Å². The van der Waals surface area contributed by atoms with Crippen molar-refractivity contribution >= 4 is 69.2 Å². The maximum atomic E-state index is 14.0. The molecule has 0 saturated carbocycles. The first-order chi connectivity index (χ1) is 31.8. The summed E-state index contributed by atoms with van der Waals surface area (Å²) in [5, 5.41) is 13.4. The number of aryl methyl sites for hydroxylation is 2. The molecule has 3 aromatic carbocycles. The molecule has 17 heteroatoms. The SMILES string of the molecule is [C-]#[N+]c1ccc(N2C(=O)C(C)(C)N(c3ccc(OCC#CC#CCOCC(=O)N[C@H](C(=O)N4C[C@H](O)C[C@H]4C(=O)CCc4ccc(-c5scnc5C)cc4)C(C)(C)C)cc3)C2=S)cc1C(F)F. The Morgan fingerprint density at radius 1 is 1.04 bits per heavy atom. The third kappa shape index (κ3) is 11.7. The maximum absolute atomic E-state index is 14.0. The molecule has 348 valence electrons. The number of thiocarbonyl (C=S) groups is 1. The summed E-state index contributed by atoms with van der Waals surface area (Å²) < 4.78 is 38.5. The summed E-state index contributed by atoms with van der Waals surface area (Å²) in [5.41, 5.74) is 2.95. The largest absolute Gasteiger partial charge is 0.481 e. The Balaban J connectivity index is 0.949. The van der Waals surface area contributed by atoms with Gasteiger partial charge in [-0.3, -0.25) is 24.1 Å². The number of alkyl halides is 2. The van der Waals surface area contributed by atoms with Crippen molar-refractivity contribution in [3.05, 3.63) is 100 Å². The molecule has 2 aliphatic heterocycles. The molecule has 1 aromatic heterocycles. The molecule has 4 aromatic rings. The number of carbonyl (C=O) groups is 4. The molecule has 2 N–H and O–H groups in total. The molecule has 0 aliphatic carbocycles. The highest BCUT2D eigenvalue weighted by Gasteiger charge is 2.50. The molecule has 3 amide bonds. The molecule has 6 rings (SSSR count). The number of Topliss-reactive ketones (excluding diaryl/α,β-unsaturated/α-hetero) is 1. The number of halogens is 2. The lowest BCUT2D eigenvalue weighted by molar-refractivity contribution is -0.144. The number of aliphatic hydroxyl groups excluding tert-OH is 1. The minimum atomic E-state index is -2.91. The van der Waals surface area contributed by atoms with Gasteiger partial charge in [-0.25, -0.2) is 18.6 Å². The van der Waals surface area contributed by atoms with Crippen LogP contribution in [0.2, 0.25) is 0 Å². The predicted molar refractivity (Wildman–Crippen MR) is 256 cm³/mol. The van der Waals surface area contributed by atoms with E-state index in [0.29, 0.717) is 17.9 Å². The number of aliphatic hydroxyl groups is 1. The monoisotopic (exact) mass is 948 g/mol. The zero-order valence-corrected chi connectivity index (χ0v) is 39.5. The van der Waals surface area contributed by atoms with Crippen molar-refractivity contribution in [1.29, 1.82) is 0 Å². The minimum Gasteiger partial charge on any atom is -0.481 e. The number of ketones is 1. The number of carbonyl (C=O) groups excluding carboxylic acids is 4. The molecule has 2 fully saturated rings. The van der Waals surface area contributed by atoms with E-state index in [4.69, 9.17) is 28.3 Å². The molecular formula is C50H50F2N6O7S2. The topological polar surface area (TPSA) is 146 Å². The normalized spacial score (nSPS) is 17.1. The van der Waals surface area contributed by atoms with Gasteiger partial charge in [0.2, 0.25) is 11.8 Å². The molecule has 0 unspecified atom stereocenters. The number of likely N-dealkylation sites (tertiary alicyclic amines) is 1. The Kier molecular flexibility index (Phi) is 15.9. The van der Waals surface area contributed by atoms with Crippen molar-refractivity contribution < 1.29 is 42.5 Å². The van der Waals surface area contributed by atoms with Crippen LogP contribution < -0.4 is 19.9 Å². The van der Waals surface area contributed by atoms with Gasteiger partial charge in [-0.15, -0.1) is 11.3 Å². The number of thiazole rings is 1. The van der Waals surface area contributed by atoms with E-state index in [-0.39, 0.29) is 61.5 Å². The highest BCUT2D eigenvalue weighted by molar-refractivity contribution is 7.81.